The van der Waals surface area contributed by atoms with E-state index in [1.807, 2.05) is 0 Å². The summed E-state index contributed by atoms with van der Waals surface area (Å²) in [5.74, 6) is -0.0104. The third-order valence-corrected chi connectivity index (χ3v) is 2.07. The monoisotopic (exact) mass is 203 g/mol. The van der Waals surface area contributed by atoms with Crippen LogP contribution in [-0.4, -0.2) is 10.8 Å². The van der Waals surface area contributed by atoms with Gasteiger partial charge in [0.25, 0.3) is 0 Å². The molecule has 0 spiro atoms. The summed E-state index contributed by atoms with van der Waals surface area (Å²) in [6.45, 7) is 0. The van der Waals surface area contributed by atoms with Crippen LogP contribution in [0.4, 0.5) is 10.1 Å². The first-order chi connectivity index (χ1) is 7.24. The minimum atomic E-state index is -0.268. The Bertz CT molecular complexity index is 443. The van der Waals surface area contributed by atoms with E-state index in [0.29, 0.717) is 12.1 Å². The van der Waals surface area contributed by atoms with Crippen molar-refractivity contribution < 1.29 is 9.50 Å². The number of aliphatic imine (C=N–C) groups is 1. The zero-order valence-electron chi connectivity index (χ0n) is 8.02. The van der Waals surface area contributed by atoms with Gasteiger partial charge in [-0.25, -0.2) is 4.39 Å². The minimum absolute atomic E-state index is 0.257. The van der Waals surface area contributed by atoms with Crippen LogP contribution in [0.3, 0.4) is 0 Å². The number of aliphatic hydroxyl groups is 1. The molecular formula is C12H10FNO. The summed E-state index contributed by atoms with van der Waals surface area (Å²) in [6.07, 6.45) is 5.62. The van der Waals surface area contributed by atoms with Crippen molar-refractivity contribution in [2.24, 2.45) is 4.99 Å². The normalized spacial score (nSPS) is 17.9. The Kier molecular flexibility index (Phi) is 2.63. The highest BCUT2D eigenvalue weighted by Crippen LogP contribution is 2.15. The van der Waals surface area contributed by atoms with Crippen molar-refractivity contribution in [2.45, 2.75) is 6.42 Å². The molecule has 1 N–H and O–H groups in total. The molecule has 0 bridgehead atoms. The number of hydrogen-bond donors (Lipinski definition) is 1. The summed E-state index contributed by atoms with van der Waals surface area (Å²) >= 11 is 0. The number of aliphatic hydroxyl groups excluding tert-OH is 1. The number of benzene rings is 1. The van der Waals surface area contributed by atoms with Crippen LogP contribution in [0.25, 0.3) is 0 Å². The van der Waals surface area contributed by atoms with Gasteiger partial charge in [-0.3, -0.25) is 4.99 Å². The van der Waals surface area contributed by atoms with Gasteiger partial charge < -0.3 is 5.11 Å². The molecule has 76 valence electrons. The molecule has 0 amide bonds. The van der Waals surface area contributed by atoms with Gasteiger partial charge in [-0.05, 0) is 42.5 Å². The molecule has 0 atom stereocenters. The van der Waals surface area contributed by atoms with E-state index in [0.717, 1.165) is 5.71 Å². The maximum Gasteiger partial charge on any atom is 0.123 e. The smallest absolute Gasteiger partial charge is 0.123 e. The lowest BCUT2D eigenvalue weighted by Gasteiger charge is -2.03. The summed E-state index contributed by atoms with van der Waals surface area (Å²) in [4.78, 5) is 4.30. The maximum atomic E-state index is 12.6. The molecule has 1 aromatic rings. The Morgan fingerprint density at radius 1 is 1.13 bits per heavy atom. The lowest BCUT2D eigenvalue weighted by Crippen LogP contribution is -1.96. The summed E-state index contributed by atoms with van der Waals surface area (Å²) in [7, 11) is 0. The van der Waals surface area contributed by atoms with Gasteiger partial charge in [0.05, 0.1) is 5.69 Å². The van der Waals surface area contributed by atoms with Gasteiger partial charge in [0.2, 0.25) is 0 Å². The fraction of sp³-hybridized carbons (Fsp3) is 0.0833. The number of hydrogen-bond acceptors (Lipinski definition) is 2. The molecule has 0 aromatic heterocycles. The molecule has 15 heavy (non-hydrogen) atoms. The molecule has 0 radical (unpaired) electrons. The largest absolute Gasteiger partial charge is 0.508 e. The zero-order valence-corrected chi connectivity index (χ0v) is 8.02. The molecule has 0 heterocycles. The van der Waals surface area contributed by atoms with E-state index in [1.165, 1.54) is 12.1 Å². The van der Waals surface area contributed by atoms with Crippen LogP contribution in [0.5, 0.6) is 0 Å². The van der Waals surface area contributed by atoms with Gasteiger partial charge in [-0.1, -0.05) is 0 Å². The first kappa shape index (κ1) is 9.65. The Hall–Kier alpha value is -1.90. The van der Waals surface area contributed by atoms with Crippen LogP contribution >= 0.6 is 0 Å². The first-order valence-corrected chi connectivity index (χ1v) is 4.64. The molecule has 0 aliphatic heterocycles. The zero-order chi connectivity index (χ0) is 10.7. The standard InChI is InChI=1S/C12H10FNO/c13-9-1-3-10(4-2-9)14-11-5-7-12(15)8-6-11/h1-5,7-8,15H,6H2. The van der Waals surface area contributed by atoms with Crippen molar-refractivity contribution in [1.29, 1.82) is 0 Å². The molecule has 2 rings (SSSR count). The van der Waals surface area contributed by atoms with Crippen molar-refractivity contribution in [1.82, 2.24) is 0 Å². The minimum Gasteiger partial charge on any atom is -0.508 e. The van der Waals surface area contributed by atoms with Crippen molar-refractivity contribution in [3.8, 4) is 0 Å². The molecule has 0 saturated carbocycles. The second-order valence-corrected chi connectivity index (χ2v) is 3.25. The van der Waals surface area contributed by atoms with Crippen LogP contribution in [0.2, 0.25) is 0 Å². The van der Waals surface area contributed by atoms with Crippen molar-refractivity contribution in [3.05, 3.63) is 54.1 Å². The number of allylic oxidation sites excluding steroid dienone is 3. The van der Waals surface area contributed by atoms with Crippen LogP contribution in [0.15, 0.2) is 53.2 Å². The molecule has 3 heteroatoms. The average Bonchev–Trinajstić information content (AvgIpc) is 2.25. The molecule has 0 fully saturated rings. The fourth-order valence-corrected chi connectivity index (χ4v) is 1.29. The van der Waals surface area contributed by atoms with Gasteiger partial charge in [0, 0.05) is 12.1 Å². The van der Waals surface area contributed by atoms with Crippen LogP contribution in [0, 0.1) is 5.82 Å². The predicted molar refractivity (Wildman–Crippen MR) is 58.0 cm³/mol. The van der Waals surface area contributed by atoms with E-state index in [1.54, 1.807) is 30.4 Å². The van der Waals surface area contributed by atoms with Gasteiger partial charge in [-0.15, -0.1) is 0 Å². The van der Waals surface area contributed by atoms with Gasteiger partial charge >= 0.3 is 0 Å². The Morgan fingerprint density at radius 2 is 1.87 bits per heavy atom. The van der Waals surface area contributed by atoms with Gasteiger partial charge in [-0.2, -0.15) is 0 Å². The summed E-state index contributed by atoms with van der Waals surface area (Å²) in [5, 5.41) is 9.10. The van der Waals surface area contributed by atoms with E-state index in [9.17, 15) is 4.39 Å². The Morgan fingerprint density at radius 3 is 2.47 bits per heavy atom. The summed E-state index contributed by atoms with van der Waals surface area (Å²) in [6, 6.07) is 5.99. The molecule has 2 nitrogen and oxygen atoms in total. The van der Waals surface area contributed by atoms with E-state index in [2.05, 4.69) is 4.99 Å². The lowest BCUT2D eigenvalue weighted by molar-refractivity contribution is 0.430. The highest BCUT2D eigenvalue weighted by Gasteiger charge is 2.00. The lowest BCUT2D eigenvalue weighted by atomic mass is 10.1. The summed E-state index contributed by atoms with van der Waals surface area (Å²) in [5.41, 5.74) is 1.56. The van der Waals surface area contributed by atoms with E-state index < -0.39 is 0 Å². The van der Waals surface area contributed by atoms with Crippen LogP contribution in [-0.2, 0) is 0 Å². The predicted octanol–water partition coefficient (Wildman–Crippen LogP) is 3.30. The van der Waals surface area contributed by atoms with Gasteiger partial charge in [0.1, 0.15) is 11.6 Å². The van der Waals surface area contributed by atoms with E-state index >= 15 is 0 Å². The highest BCUT2D eigenvalue weighted by atomic mass is 19.1. The maximum absolute atomic E-state index is 12.6. The fourth-order valence-electron chi connectivity index (χ4n) is 1.29. The Labute approximate surface area is 87.1 Å². The van der Waals surface area contributed by atoms with Crippen molar-refractivity contribution in [2.75, 3.05) is 0 Å². The van der Waals surface area contributed by atoms with E-state index in [4.69, 9.17) is 5.11 Å². The number of rotatable bonds is 1. The third kappa shape index (κ3) is 2.53. The molecular weight excluding hydrogens is 193 g/mol. The molecule has 1 aliphatic rings. The molecule has 0 unspecified atom stereocenters. The molecule has 1 aliphatic carbocycles. The quantitative estimate of drug-likeness (QED) is 0.746. The van der Waals surface area contributed by atoms with Crippen LogP contribution < -0.4 is 0 Å². The number of halogens is 1. The van der Waals surface area contributed by atoms with Crippen molar-refractivity contribution in [3.63, 3.8) is 0 Å². The first-order valence-electron chi connectivity index (χ1n) is 4.64. The van der Waals surface area contributed by atoms with Gasteiger partial charge in [0.15, 0.2) is 0 Å². The molecule has 0 saturated heterocycles. The second-order valence-electron chi connectivity index (χ2n) is 3.25. The third-order valence-electron chi connectivity index (χ3n) is 2.07. The Balaban J connectivity index is 2.18. The van der Waals surface area contributed by atoms with Crippen LogP contribution in [0.1, 0.15) is 6.42 Å². The van der Waals surface area contributed by atoms with Crippen molar-refractivity contribution >= 4 is 11.4 Å². The van der Waals surface area contributed by atoms with E-state index in [-0.39, 0.29) is 11.6 Å². The highest BCUT2D eigenvalue weighted by molar-refractivity contribution is 5.98. The topological polar surface area (TPSA) is 32.6 Å². The second kappa shape index (κ2) is 4.09. The average molecular weight is 203 g/mol. The number of nitrogens with zero attached hydrogens (tertiary/aromatic N) is 1. The molecule has 1 aromatic carbocycles. The SMILES string of the molecule is OC1=CCC(=Nc2ccc(F)cc2)C=C1. The summed E-state index contributed by atoms with van der Waals surface area (Å²) < 4.78 is 12.6.